The first-order valence-electron chi connectivity index (χ1n) is 8.08. The standard InChI is InChI=1S/C21H29N/c1-11-10-20(17(7)13(3)12(11)2)22-21-18(8)15(5)14(4)16(6)19(21)9/h10,22H,1-9H3. The SMILES string of the molecule is Cc1cc(Nc2c(C)c(C)c(C)c(C)c2C)c(C)c(C)c1C. The minimum Gasteiger partial charge on any atom is -0.355 e. The molecule has 0 aliphatic heterocycles. The van der Waals surface area contributed by atoms with Gasteiger partial charge in [-0.15, -0.1) is 0 Å². The van der Waals surface area contributed by atoms with E-state index in [4.69, 9.17) is 0 Å². The molecule has 0 spiro atoms. The molecule has 0 unspecified atom stereocenters. The van der Waals surface area contributed by atoms with Gasteiger partial charge in [-0.25, -0.2) is 0 Å². The zero-order chi connectivity index (χ0) is 16.8. The molecule has 0 bridgehead atoms. The summed E-state index contributed by atoms with van der Waals surface area (Å²) in [4.78, 5) is 0. The van der Waals surface area contributed by atoms with Crippen LogP contribution in [0.15, 0.2) is 6.07 Å². The van der Waals surface area contributed by atoms with E-state index in [-0.39, 0.29) is 0 Å². The summed E-state index contributed by atoms with van der Waals surface area (Å²) in [7, 11) is 0. The van der Waals surface area contributed by atoms with Gasteiger partial charge in [-0.3, -0.25) is 0 Å². The lowest BCUT2D eigenvalue weighted by Gasteiger charge is -2.22. The third-order valence-corrected chi connectivity index (χ3v) is 5.74. The summed E-state index contributed by atoms with van der Waals surface area (Å²) in [5.41, 5.74) is 14.9. The Bertz CT molecular complexity index is 722. The van der Waals surface area contributed by atoms with Gasteiger partial charge in [0.15, 0.2) is 0 Å². The number of rotatable bonds is 2. The number of anilines is 2. The van der Waals surface area contributed by atoms with Crippen molar-refractivity contribution >= 4 is 11.4 Å². The van der Waals surface area contributed by atoms with Crippen LogP contribution in [0.4, 0.5) is 11.4 Å². The molecule has 2 aromatic rings. The fourth-order valence-corrected chi connectivity index (χ4v) is 3.16. The quantitative estimate of drug-likeness (QED) is 0.695. The molecule has 118 valence electrons. The van der Waals surface area contributed by atoms with Crippen molar-refractivity contribution in [2.24, 2.45) is 0 Å². The Hall–Kier alpha value is -1.76. The molecule has 1 N–H and O–H groups in total. The highest BCUT2D eigenvalue weighted by molar-refractivity contribution is 5.74. The first-order valence-corrected chi connectivity index (χ1v) is 8.08. The Kier molecular flexibility index (Phi) is 4.37. The van der Waals surface area contributed by atoms with Crippen molar-refractivity contribution in [2.45, 2.75) is 62.3 Å². The van der Waals surface area contributed by atoms with Crippen molar-refractivity contribution < 1.29 is 0 Å². The maximum absolute atomic E-state index is 3.73. The highest BCUT2D eigenvalue weighted by atomic mass is 14.9. The Labute approximate surface area is 135 Å². The highest BCUT2D eigenvalue weighted by Gasteiger charge is 2.14. The monoisotopic (exact) mass is 295 g/mol. The molecule has 2 rings (SSSR count). The largest absolute Gasteiger partial charge is 0.355 e. The van der Waals surface area contributed by atoms with Gasteiger partial charge in [0.1, 0.15) is 0 Å². The van der Waals surface area contributed by atoms with Gasteiger partial charge in [0.25, 0.3) is 0 Å². The summed E-state index contributed by atoms with van der Waals surface area (Å²) in [5.74, 6) is 0. The van der Waals surface area contributed by atoms with Crippen molar-refractivity contribution in [3.8, 4) is 0 Å². The van der Waals surface area contributed by atoms with Crippen molar-refractivity contribution in [2.75, 3.05) is 5.32 Å². The van der Waals surface area contributed by atoms with Gasteiger partial charge in [0, 0.05) is 11.4 Å². The summed E-state index contributed by atoms with van der Waals surface area (Å²) < 4.78 is 0. The molecule has 0 radical (unpaired) electrons. The predicted octanol–water partition coefficient (Wildman–Crippen LogP) is 6.21. The predicted molar refractivity (Wildman–Crippen MR) is 98.8 cm³/mol. The van der Waals surface area contributed by atoms with E-state index in [2.05, 4.69) is 73.7 Å². The van der Waals surface area contributed by atoms with Gasteiger partial charge < -0.3 is 5.32 Å². The van der Waals surface area contributed by atoms with Crippen LogP contribution in [0.3, 0.4) is 0 Å². The summed E-state index contributed by atoms with van der Waals surface area (Å²) >= 11 is 0. The Morgan fingerprint density at radius 2 is 0.909 bits per heavy atom. The van der Waals surface area contributed by atoms with Crippen LogP contribution in [0.25, 0.3) is 0 Å². The van der Waals surface area contributed by atoms with Crippen LogP contribution >= 0.6 is 0 Å². The summed E-state index contributed by atoms with van der Waals surface area (Å²) in [6.45, 7) is 19.9. The van der Waals surface area contributed by atoms with Gasteiger partial charge in [-0.05, 0) is 118 Å². The van der Waals surface area contributed by atoms with Crippen LogP contribution in [0.5, 0.6) is 0 Å². The Morgan fingerprint density at radius 1 is 0.500 bits per heavy atom. The first kappa shape index (κ1) is 16.6. The van der Waals surface area contributed by atoms with E-state index < -0.39 is 0 Å². The minimum absolute atomic E-state index is 1.23. The second-order valence-electron chi connectivity index (χ2n) is 6.74. The molecule has 0 aliphatic rings. The van der Waals surface area contributed by atoms with Crippen molar-refractivity contribution in [3.05, 3.63) is 56.1 Å². The smallest absolute Gasteiger partial charge is 0.0449 e. The lowest BCUT2D eigenvalue weighted by molar-refractivity contribution is 1.17. The van der Waals surface area contributed by atoms with Crippen molar-refractivity contribution in [1.29, 1.82) is 0 Å². The molecule has 0 heterocycles. The topological polar surface area (TPSA) is 12.0 Å². The molecular formula is C21H29N. The fourth-order valence-electron chi connectivity index (χ4n) is 3.16. The maximum Gasteiger partial charge on any atom is 0.0449 e. The number of hydrogen-bond acceptors (Lipinski definition) is 1. The van der Waals surface area contributed by atoms with Gasteiger partial charge in [0.05, 0.1) is 0 Å². The normalized spacial score (nSPS) is 11.0. The molecule has 0 atom stereocenters. The first-order chi connectivity index (χ1) is 10.2. The van der Waals surface area contributed by atoms with Crippen LogP contribution in [-0.2, 0) is 0 Å². The van der Waals surface area contributed by atoms with Gasteiger partial charge in [-0.2, -0.15) is 0 Å². The zero-order valence-corrected chi connectivity index (χ0v) is 15.6. The van der Waals surface area contributed by atoms with Crippen LogP contribution in [-0.4, -0.2) is 0 Å². The lowest BCUT2D eigenvalue weighted by Crippen LogP contribution is -2.05. The second-order valence-corrected chi connectivity index (χ2v) is 6.74. The molecule has 0 saturated carbocycles. The summed E-state index contributed by atoms with van der Waals surface area (Å²) in [6, 6.07) is 2.28. The van der Waals surface area contributed by atoms with E-state index in [9.17, 15) is 0 Å². The Morgan fingerprint density at radius 3 is 1.41 bits per heavy atom. The van der Waals surface area contributed by atoms with Crippen molar-refractivity contribution in [1.82, 2.24) is 0 Å². The minimum atomic E-state index is 1.23. The number of aryl methyl sites for hydroxylation is 1. The number of benzene rings is 2. The van der Waals surface area contributed by atoms with Gasteiger partial charge >= 0.3 is 0 Å². The van der Waals surface area contributed by atoms with Crippen molar-refractivity contribution in [3.63, 3.8) is 0 Å². The maximum atomic E-state index is 3.73. The molecule has 0 aromatic heterocycles. The fraction of sp³-hybridized carbons (Fsp3) is 0.429. The van der Waals surface area contributed by atoms with Gasteiger partial charge in [0.2, 0.25) is 0 Å². The van der Waals surface area contributed by atoms with Crippen LogP contribution in [0.1, 0.15) is 50.1 Å². The van der Waals surface area contributed by atoms with E-state index in [1.54, 1.807) is 0 Å². The van der Waals surface area contributed by atoms with Gasteiger partial charge in [-0.1, -0.05) is 0 Å². The van der Waals surface area contributed by atoms with E-state index in [1.165, 1.54) is 61.4 Å². The van der Waals surface area contributed by atoms with Crippen LogP contribution in [0.2, 0.25) is 0 Å². The summed E-state index contributed by atoms with van der Waals surface area (Å²) in [5, 5.41) is 3.73. The molecule has 1 nitrogen and oxygen atoms in total. The molecule has 22 heavy (non-hydrogen) atoms. The molecule has 0 saturated heterocycles. The molecular weight excluding hydrogens is 266 g/mol. The molecule has 0 aliphatic carbocycles. The average molecular weight is 295 g/mol. The van der Waals surface area contributed by atoms with E-state index >= 15 is 0 Å². The third-order valence-electron chi connectivity index (χ3n) is 5.74. The molecule has 0 fully saturated rings. The third kappa shape index (κ3) is 2.54. The van der Waals surface area contributed by atoms with E-state index in [0.29, 0.717) is 0 Å². The lowest BCUT2D eigenvalue weighted by atomic mass is 9.92. The second kappa shape index (κ2) is 5.79. The highest BCUT2D eigenvalue weighted by Crippen LogP contribution is 2.34. The van der Waals surface area contributed by atoms with E-state index in [1.807, 2.05) is 0 Å². The average Bonchev–Trinajstić information content (AvgIpc) is 2.50. The van der Waals surface area contributed by atoms with E-state index in [0.717, 1.165) is 0 Å². The molecule has 1 heteroatoms. The van der Waals surface area contributed by atoms with Crippen LogP contribution < -0.4 is 5.32 Å². The van der Waals surface area contributed by atoms with Crippen LogP contribution in [0, 0.1) is 62.3 Å². The summed E-state index contributed by atoms with van der Waals surface area (Å²) in [6.07, 6.45) is 0. The molecule has 2 aromatic carbocycles. The Balaban J connectivity index is 2.63. The number of nitrogens with one attached hydrogen (secondary N) is 1. The molecule has 0 amide bonds. The number of hydrogen-bond donors (Lipinski definition) is 1. The zero-order valence-electron chi connectivity index (χ0n) is 15.6.